The lowest BCUT2D eigenvalue weighted by Crippen LogP contribution is -2.38. The van der Waals surface area contributed by atoms with E-state index >= 15 is 0 Å². The smallest absolute Gasteiger partial charge is 0.220 e. The minimum atomic E-state index is -0.224. The van der Waals surface area contributed by atoms with Crippen molar-refractivity contribution in [1.82, 2.24) is 10.2 Å². The van der Waals surface area contributed by atoms with Crippen LogP contribution in [0.2, 0.25) is 0 Å². The molecule has 0 aromatic heterocycles. The Hall–Kier alpha value is -1.11. The van der Waals surface area contributed by atoms with E-state index in [2.05, 4.69) is 10.2 Å². The highest BCUT2D eigenvalue weighted by Gasteiger charge is 2.09. The summed E-state index contributed by atoms with van der Waals surface area (Å²) in [6.07, 6.45) is 1.36. The summed E-state index contributed by atoms with van der Waals surface area (Å²) in [7, 11) is 0. The fraction of sp³-hybridized carbons (Fsp3) is 0.562. The SMILES string of the molecule is O=C(CCSc1ccccc1F)NCCCN1CCOCC1. The van der Waals surface area contributed by atoms with Crippen LogP contribution in [-0.4, -0.2) is 56.0 Å². The number of carbonyl (C=O) groups excluding carboxylic acids is 1. The topological polar surface area (TPSA) is 41.6 Å². The van der Waals surface area contributed by atoms with Crippen molar-refractivity contribution in [1.29, 1.82) is 0 Å². The summed E-state index contributed by atoms with van der Waals surface area (Å²) in [6, 6.07) is 6.64. The van der Waals surface area contributed by atoms with Gasteiger partial charge < -0.3 is 10.1 Å². The van der Waals surface area contributed by atoms with Crippen LogP contribution in [0.1, 0.15) is 12.8 Å². The summed E-state index contributed by atoms with van der Waals surface area (Å²) in [4.78, 5) is 14.7. The second-order valence-electron chi connectivity index (χ2n) is 5.19. The zero-order chi connectivity index (χ0) is 15.6. The molecule has 1 aromatic rings. The number of nitrogens with one attached hydrogen (secondary N) is 1. The van der Waals surface area contributed by atoms with Gasteiger partial charge in [-0.2, -0.15) is 0 Å². The zero-order valence-electron chi connectivity index (χ0n) is 12.7. The molecule has 1 N–H and O–H groups in total. The van der Waals surface area contributed by atoms with E-state index in [0.717, 1.165) is 39.3 Å². The Morgan fingerprint density at radius 1 is 1.32 bits per heavy atom. The normalized spacial score (nSPS) is 15.7. The van der Waals surface area contributed by atoms with E-state index in [-0.39, 0.29) is 11.7 Å². The quantitative estimate of drug-likeness (QED) is 0.587. The number of hydrogen-bond donors (Lipinski definition) is 1. The summed E-state index contributed by atoms with van der Waals surface area (Å²) in [5.74, 6) is 0.403. The predicted molar refractivity (Wildman–Crippen MR) is 86.6 cm³/mol. The molecule has 0 unspecified atom stereocenters. The van der Waals surface area contributed by atoms with Crippen molar-refractivity contribution in [2.24, 2.45) is 0 Å². The average Bonchev–Trinajstić information content (AvgIpc) is 2.54. The molecule has 0 atom stereocenters. The summed E-state index contributed by atoms with van der Waals surface area (Å²) in [5, 5.41) is 2.92. The molecule has 1 saturated heterocycles. The largest absolute Gasteiger partial charge is 0.379 e. The lowest BCUT2D eigenvalue weighted by Gasteiger charge is -2.26. The molecular formula is C16H23FN2O2S. The standard InChI is InChI=1S/C16H23FN2O2S/c17-14-4-1-2-5-15(14)22-13-6-16(20)18-7-3-8-19-9-11-21-12-10-19/h1-2,4-5H,3,6-13H2,(H,18,20). The molecule has 1 aliphatic rings. The Bertz CT molecular complexity index is 467. The van der Waals surface area contributed by atoms with Crippen LogP contribution < -0.4 is 5.32 Å². The van der Waals surface area contributed by atoms with E-state index in [4.69, 9.17) is 4.74 Å². The predicted octanol–water partition coefficient (Wildman–Crippen LogP) is 2.15. The third-order valence-electron chi connectivity index (χ3n) is 3.50. The minimum Gasteiger partial charge on any atom is -0.379 e. The van der Waals surface area contributed by atoms with Crippen LogP contribution in [0.25, 0.3) is 0 Å². The van der Waals surface area contributed by atoms with Gasteiger partial charge in [0.1, 0.15) is 5.82 Å². The number of nitrogens with zero attached hydrogens (tertiary/aromatic N) is 1. The van der Waals surface area contributed by atoms with E-state index in [9.17, 15) is 9.18 Å². The van der Waals surface area contributed by atoms with Gasteiger partial charge in [-0.3, -0.25) is 9.69 Å². The highest BCUT2D eigenvalue weighted by molar-refractivity contribution is 7.99. The van der Waals surface area contributed by atoms with Gasteiger partial charge in [-0.25, -0.2) is 4.39 Å². The number of morpholine rings is 1. The lowest BCUT2D eigenvalue weighted by atomic mass is 10.3. The molecular weight excluding hydrogens is 303 g/mol. The molecule has 6 heteroatoms. The first kappa shape index (κ1) is 17.2. The molecule has 0 spiro atoms. The van der Waals surface area contributed by atoms with Gasteiger partial charge in [0.2, 0.25) is 5.91 Å². The number of thioether (sulfide) groups is 1. The third-order valence-corrected chi connectivity index (χ3v) is 4.55. The van der Waals surface area contributed by atoms with Crippen molar-refractivity contribution in [2.45, 2.75) is 17.7 Å². The van der Waals surface area contributed by atoms with E-state index in [1.807, 2.05) is 0 Å². The van der Waals surface area contributed by atoms with E-state index in [0.29, 0.717) is 23.6 Å². The number of hydrogen-bond acceptors (Lipinski definition) is 4. The molecule has 0 aliphatic carbocycles. The summed E-state index contributed by atoms with van der Waals surface area (Å²) >= 11 is 1.38. The number of benzene rings is 1. The van der Waals surface area contributed by atoms with Crippen LogP contribution in [0.4, 0.5) is 4.39 Å². The lowest BCUT2D eigenvalue weighted by molar-refractivity contribution is -0.120. The van der Waals surface area contributed by atoms with Gasteiger partial charge in [0.25, 0.3) is 0 Å². The molecule has 0 radical (unpaired) electrons. The fourth-order valence-corrected chi connectivity index (χ4v) is 3.15. The maximum atomic E-state index is 13.4. The molecule has 22 heavy (non-hydrogen) atoms. The maximum absolute atomic E-state index is 13.4. The molecule has 4 nitrogen and oxygen atoms in total. The van der Waals surface area contributed by atoms with Crippen LogP contribution in [0.5, 0.6) is 0 Å². The molecule has 1 aliphatic heterocycles. The van der Waals surface area contributed by atoms with Crippen LogP contribution in [-0.2, 0) is 9.53 Å². The zero-order valence-corrected chi connectivity index (χ0v) is 13.5. The van der Waals surface area contributed by atoms with Crippen molar-refractivity contribution >= 4 is 17.7 Å². The van der Waals surface area contributed by atoms with E-state index in [1.54, 1.807) is 18.2 Å². The van der Waals surface area contributed by atoms with Gasteiger partial charge in [0.05, 0.1) is 13.2 Å². The maximum Gasteiger partial charge on any atom is 0.220 e. The molecule has 2 rings (SSSR count). The van der Waals surface area contributed by atoms with E-state index in [1.165, 1.54) is 17.8 Å². The first-order valence-corrected chi connectivity index (χ1v) is 8.68. The Morgan fingerprint density at radius 2 is 2.09 bits per heavy atom. The molecule has 1 amide bonds. The minimum absolute atomic E-state index is 0.0332. The number of ether oxygens (including phenoxy) is 1. The van der Waals surface area contributed by atoms with Crippen molar-refractivity contribution in [3.05, 3.63) is 30.1 Å². The summed E-state index contributed by atoms with van der Waals surface area (Å²) < 4.78 is 18.7. The van der Waals surface area contributed by atoms with Gasteiger partial charge in [0, 0.05) is 36.7 Å². The van der Waals surface area contributed by atoms with Crippen molar-refractivity contribution in [3.63, 3.8) is 0 Å². The Labute approximate surface area is 135 Å². The van der Waals surface area contributed by atoms with Crippen LogP contribution in [0, 0.1) is 5.82 Å². The molecule has 1 heterocycles. The highest BCUT2D eigenvalue weighted by atomic mass is 32.2. The fourth-order valence-electron chi connectivity index (χ4n) is 2.26. The number of amides is 1. The van der Waals surface area contributed by atoms with E-state index < -0.39 is 0 Å². The van der Waals surface area contributed by atoms with Crippen molar-refractivity contribution in [2.75, 3.05) is 45.1 Å². The molecule has 122 valence electrons. The first-order chi connectivity index (χ1) is 10.8. The highest BCUT2D eigenvalue weighted by Crippen LogP contribution is 2.21. The molecule has 1 aromatic carbocycles. The second kappa shape index (κ2) is 9.82. The number of halogens is 1. The van der Waals surface area contributed by atoms with Crippen molar-refractivity contribution < 1.29 is 13.9 Å². The van der Waals surface area contributed by atoms with Gasteiger partial charge >= 0.3 is 0 Å². The third kappa shape index (κ3) is 6.34. The Balaban J connectivity index is 1.51. The van der Waals surface area contributed by atoms with Gasteiger partial charge in [-0.1, -0.05) is 12.1 Å². The first-order valence-electron chi connectivity index (χ1n) is 7.70. The summed E-state index contributed by atoms with van der Waals surface area (Å²) in [5.41, 5.74) is 0. The Kier molecular flexibility index (Phi) is 7.70. The van der Waals surface area contributed by atoms with Gasteiger partial charge in [0.15, 0.2) is 0 Å². The monoisotopic (exact) mass is 326 g/mol. The Morgan fingerprint density at radius 3 is 2.86 bits per heavy atom. The van der Waals surface area contributed by atoms with Crippen molar-refractivity contribution in [3.8, 4) is 0 Å². The molecule has 0 saturated carbocycles. The van der Waals surface area contributed by atoms with Gasteiger partial charge in [-0.05, 0) is 25.1 Å². The average molecular weight is 326 g/mol. The van der Waals surface area contributed by atoms with Crippen LogP contribution in [0.3, 0.4) is 0 Å². The number of carbonyl (C=O) groups is 1. The molecule has 0 bridgehead atoms. The number of rotatable bonds is 8. The van der Waals surface area contributed by atoms with Crippen LogP contribution in [0.15, 0.2) is 29.2 Å². The molecule has 1 fully saturated rings. The summed E-state index contributed by atoms with van der Waals surface area (Å²) in [6.45, 7) is 5.26. The van der Waals surface area contributed by atoms with Crippen LogP contribution >= 0.6 is 11.8 Å². The second-order valence-corrected chi connectivity index (χ2v) is 6.32. The van der Waals surface area contributed by atoms with Gasteiger partial charge in [-0.15, -0.1) is 11.8 Å².